The zero-order valence-electron chi connectivity index (χ0n) is 16.0. The van der Waals surface area contributed by atoms with Gasteiger partial charge in [-0.3, -0.25) is 4.79 Å². The molecule has 0 saturated heterocycles. The number of benzene rings is 1. The Labute approximate surface area is 158 Å². The first kappa shape index (κ1) is 18.8. The van der Waals surface area contributed by atoms with E-state index in [4.69, 9.17) is 14.2 Å². The van der Waals surface area contributed by atoms with Crippen LogP contribution in [-0.2, 0) is 11.2 Å². The Bertz CT molecular complexity index is 871. The van der Waals surface area contributed by atoms with Gasteiger partial charge in [-0.15, -0.1) is 0 Å². The Morgan fingerprint density at radius 3 is 2.63 bits per heavy atom. The summed E-state index contributed by atoms with van der Waals surface area (Å²) in [6.07, 6.45) is 0.594. The maximum absolute atomic E-state index is 12.8. The summed E-state index contributed by atoms with van der Waals surface area (Å²) in [5.74, 6) is 0.662. The number of rotatable bonds is 5. The molecule has 3 rings (SSSR count). The number of hydrogen-bond acceptors (Lipinski definition) is 5. The fraction of sp³-hybridized carbons (Fsp3) is 0.400. The van der Waals surface area contributed by atoms with Crippen LogP contribution in [0.25, 0.3) is 0 Å². The van der Waals surface area contributed by atoms with E-state index in [0.717, 1.165) is 5.56 Å². The molecular weight excluding hydrogens is 348 g/mol. The summed E-state index contributed by atoms with van der Waals surface area (Å²) in [5.41, 5.74) is 2.98. The smallest absolute Gasteiger partial charge is 0.339 e. The molecule has 2 aromatic rings. The normalized spacial score (nSPS) is 13.8. The number of nitrogens with one attached hydrogen (secondary N) is 2. The van der Waals surface area contributed by atoms with Gasteiger partial charge in [-0.25, -0.2) is 4.79 Å². The molecule has 144 valence electrons. The maximum atomic E-state index is 12.8. The van der Waals surface area contributed by atoms with Gasteiger partial charge in [-0.1, -0.05) is 13.0 Å². The minimum atomic E-state index is -0.445. The minimum Gasteiger partial charge on any atom is -0.486 e. The molecule has 1 aliphatic rings. The number of methoxy groups -OCH3 is 1. The van der Waals surface area contributed by atoms with Gasteiger partial charge in [0, 0.05) is 5.69 Å². The van der Waals surface area contributed by atoms with Crippen molar-refractivity contribution in [3.05, 3.63) is 46.3 Å². The summed E-state index contributed by atoms with van der Waals surface area (Å²) < 4.78 is 16.0. The summed E-state index contributed by atoms with van der Waals surface area (Å²) >= 11 is 0. The Morgan fingerprint density at radius 2 is 1.96 bits per heavy atom. The van der Waals surface area contributed by atoms with Crippen LogP contribution in [0.3, 0.4) is 0 Å². The number of aromatic amines is 1. The highest BCUT2D eigenvalue weighted by molar-refractivity contribution is 6.00. The Kier molecular flexibility index (Phi) is 5.39. The number of aromatic nitrogens is 1. The van der Waals surface area contributed by atoms with E-state index in [1.807, 2.05) is 32.0 Å². The van der Waals surface area contributed by atoms with Crippen molar-refractivity contribution in [2.45, 2.75) is 33.2 Å². The number of fused-ring (bicyclic) bond motifs is 1. The molecule has 1 atom stereocenters. The van der Waals surface area contributed by atoms with Gasteiger partial charge in [0.15, 0.2) is 11.5 Å². The lowest BCUT2D eigenvalue weighted by Gasteiger charge is -2.21. The van der Waals surface area contributed by atoms with Gasteiger partial charge in [0.2, 0.25) is 0 Å². The molecule has 2 heterocycles. The average Bonchev–Trinajstić information content (AvgIpc) is 3.03. The van der Waals surface area contributed by atoms with Gasteiger partial charge < -0.3 is 24.5 Å². The van der Waals surface area contributed by atoms with Crippen LogP contribution in [0.5, 0.6) is 11.5 Å². The van der Waals surface area contributed by atoms with Crippen molar-refractivity contribution in [3.63, 3.8) is 0 Å². The maximum Gasteiger partial charge on any atom is 0.339 e. The molecule has 1 unspecified atom stereocenters. The SMILES string of the molecule is CCc1[nH]c(C(=O)NC(C)c2ccc3c(c2)OCCO3)c(C)c1C(=O)OC. The number of carbonyl (C=O) groups is 2. The van der Waals surface area contributed by atoms with E-state index in [0.29, 0.717) is 53.6 Å². The van der Waals surface area contributed by atoms with Crippen molar-refractivity contribution in [3.8, 4) is 11.5 Å². The summed E-state index contributed by atoms with van der Waals surface area (Å²) in [7, 11) is 1.33. The fourth-order valence-corrected chi connectivity index (χ4v) is 3.21. The lowest BCUT2D eigenvalue weighted by Crippen LogP contribution is -2.27. The number of H-pyrrole nitrogens is 1. The third-order valence-electron chi connectivity index (χ3n) is 4.71. The van der Waals surface area contributed by atoms with Crippen molar-refractivity contribution in [2.24, 2.45) is 0 Å². The van der Waals surface area contributed by atoms with Crippen LogP contribution < -0.4 is 14.8 Å². The molecule has 2 N–H and O–H groups in total. The Balaban J connectivity index is 1.81. The van der Waals surface area contributed by atoms with Gasteiger partial charge in [0.25, 0.3) is 5.91 Å². The highest BCUT2D eigenvalue weighted by Crippen LogP contribution is 2.32. The van der Waals surface area contributed by atoms with Gasteiger partial charge in [-0.2, -0.15) is 0 Å². The molecule has 7 nitrogen and oxygen atoms in total. The number of carbonyl (C=O) groups excluding carboxylic acids is 2. The molecular formula is C20H24N2O5. The van der Waals surface area contributed by atoms with Gasteiger partial charge >= 0.3 is 5.97 Å². The van der Waals surface area contributed by atoms with Gasteiger partial charge in [-0.05, 0) is 43.5 Å². The molecule has 1 aromatic carbocycles. The minimum absolute atomic E-state index is 0.248. The van der Waals surface area contributed by atoms with Crippen LogP contribution in [-0.4, -0.2) is 37.2 Å². The monoisotopic (exact) mass is 372 g/mol. The molecule has 0 fully saturated rings. The van der Waals surface area contributed by atoms with Crippen LogP contribution in [0.4, 0.5) is 0 Å². The molecule has 1 amide bonds. The number of esters is 1. The Morgan fingerprint density at radius 1 is 1.26 bits per heavy atom. The van der Waals surface area contributed by atoms with E-state index in [-0.39, 0.29) is 11.9 Å². The van der Waals surface area contributed by atoms with E-state index < -0.39 is 5.97 Å². The van der Waals surface area contributed by atoms with Crippen molar-refractivity contribution in [1.82, 2.24) is 10.3 Å². The molecule has 0 bridgehead atoms. The van der Waals surface area contributed by atoms with Crippen LogP contribution in [0, 0.1) is 6.92 Å². The van der Waals surface area contributed by atoms with Crippen molar-refractivity contribution < 1.29 is 23.8 Å². The molecule has 1 aromatic heterocycles. The van der Waals surface area contributed by atoms with E-state index in [2.05, 4.69) is 10.3 Å². The van der Waals surface area contributed by atoms with Crippen LogP contribution in [0.15, 0.2) is 18.2 Å². The zero-order valence-corrected chi connectivity index (χ0v) is 16.0. The first-order valence-electron chi connectivity index (χ1n) is 8.96. The van der Waals surface area contributed by atoms with Gasteiger partial charge in [0.1, 0.15) is 18.9 Å². The lowest BCUT2D eigenvalue weighted by atomic mass is 10.1. The van der Waals surface area contributed by atoms with Crippen LogP contribution in [0.2, 0.25) is 0 Å². The average molecular weight is 372 g/mol. The van der Waals surface area contributed by atoms with Crippen molar-refractivity contribution in [2.75, 3.05) is 20.3 Å². The second-order valence-corrected chi connectivity index (χ2v) is 6.42. The highest BCUT2D eigenvalue weighted by atomic mass is 16.6. The molecule has 0 aliphatic carbocycles. The molecule has 7 heteroatoms. The second-order valence-electron chi connectivity index (χ2n) is 6.42. The van der Waals surface area contributed by atoms with Gasteiger partial charge in [0.05, 0.1) is 18.7 Å². The molecule has 27 heavy (non-hydrogen) atoms. The molecule has 0 spiro atoms. The largest absolute Gasteiger partial charge is 0.486 e. The zero-order chi connectivity index (χ0) is 19.6. The molecule has 1 aliphatic heterocycles. The number of amides is 1. The topological polar surface area (TPSA) is 89.7 Å². The second kappa shape index (κ2) is 7.73. The van der Waals surface area contributed by atoms with Crippen LogP contribution >= 0.6 is 0 Å². The predicted octanol–water partition coefficient (Wildman–Crippen LogP) is 2.93. The molecule has 0 radical (unpaired) electrons. The first-order chi connectivity index (χ1) is 13.0. The summed E-state index contributed by atoms with van der Waals surface area (Å²) in [5, 5.41) is 2.96. The summed E-state index contributed by atoms with van der Waals surface area (Å²) in [4.78, 5) is 27.9. The van der Waals surface area contributed by atoms with Crippen molar-refractivity contribution in [1.29, 1.82) is 0 Å². The van der Waals surface area contributed by atoms with E-state index in [9.17, 15) is 9.59 Å². The summed E-state index contributed by atoms with van der Waals surface area (Å²) in [6.45, 7) is 6.59. The fourth-order valence-electron chi connectivity index (χ4n) is 3.21. The van der Waals surface area contributed by atoms with Crippen molar-refractivity contribution >= 4 is 11.9 Å². The predicted molar refractivity (Wildman–Crippen MR) is 99.6 cm³/mol. The number of hydrogen-bond donors (Lipinski definition) is 2. The highest BCUT2D eigenvalue weighted by Gasteiger charge is 2.25. The van der Waals surface area contributed by atoms with E-state index in [1.165, 1.54) is 7.11 Å². The lowest BCUT2D eigenvalue weighted by molar-refractivity contribution is 0.0599. The first-order valence-corrected chi connectivity index (χ1v) is 8.96. The molecule has 0 saturated carbocycles. The third kappa shape index (κ3) is 3.63. The number of ether oxygens (including phenoxy) is 3. The third-order valence-corrected chi connectivity index (χ3v) is 4.71. The van der Waals surface area contributed by atoms with E-state index >= 15 is 0 Å². The Hall–Kier alpha value is -2.96. The summed E-state index contributed by atoms with van der Waals surface area (Å²) in [6, 6.07) is 5.37. The van der Waals surface area contributed by atoms with E-state index in [1.54, 1.807) is 6.92 Å². The van der Waals surface area contributed by atoms with Crippen LogP contribution in [0.1, 0.15) is 57.6 Å². The standard InChI is InChI=1S/C20H24N2O5/c1-5-14-17(20(24)25-4)11(2)18(22-14)19(23)21-12(3)13-6-7-15-16(10-13)27-9-8-26-15/h6-7,10,12,22H,5,8-9H2,1-4H3,(H,21,23). The number of aryl methyl sites for hydroxylation is 1. The quantitative estimate of drug-likeness (QED) is 0.788.